The smallest absolute Gasteiger partial charge is 0.235 e. The van der Waals surface area contributed by atoms with Crippen LogP contribution < -0.4 is 0 Å². The Kier molecular flexibility index (Phi) is 4.34. The van der Waals surface area contributed by atoms with Crippen LogP contribution in [0, 0.1) is 0 Å². The quantitative estimate of drug-likeness (QED) is 0.217. The van der Waals surface area contributed by atoms with Crippen LogP contribution >= 0.6 is 11.3 Å². The van der Waals surface area contributed by atoms with Crippen molar-refractivity contribution in [3.05, 3.63) is 112 Å². The molecule has 4 heteroatoms. The van der Waals surface area contributed by atoms with Crippen molar-refractivity contribution in [1.29, 1.82) is 0 Å². The van der Waals surface area contributed by atoms with Gasteiger partial charge < -0.3 is 0 Å². The highest BCUT2D eigenvalue weighted by molar-refractivity contribution is 7.20. The number of thiophene rings is 1. The van der Waals surface area contributed by atoms with E-state index in [0.29, 0.717) is 0 Å². The molecule has 0 atom stereocenters. The van der Waals surface area contributed by atoms with Crippen molar-refractivity contribution in [2.24, 2.45) is 0 Å². The first-order chi connectivity index (χ1) is 20.3. The molecule has 194 valence electrons. The highest BCUT2D eigenvalue weighted by Crippen LogP contribution is 2.47. The summed E-state index contributed by atoms with van der Waals surface area (Å²) >= 11 is 1.93. The van der Waals surface area contributed by atoms with Crippen LogP contribution in [0.4, 0.5) is 0 Å². The van der Waals surface area contributed by atoms with Crippen molar-refractivity contribution in [2.45, 2.75) is 32.1 Å². The van der Waals surface area contributed by atoms with E-state index in [9.17, 15) is 0 Å². The van der Waals surface area contributed by atoms with Gasteiger partial charge in [0.25, 0.3) is 0 Å². The summed E-state index contributed by atoms with van der Waals surface area (Å²) in [6.45, 7) is 0. The average Bonchev–Trinajstić information content (AvgIpc) is 3.63. The Hall–Kier alpha value is -4.54. The highest BCUT2D eigenvalue weighted by Gasteiger charge is 2.26. The molecule has 3 aliphatic carbocycles. The molecule has 3 aromatic heterocycles. The lowest BCUT2D eigenvalue weighted by Crippen LogP contribution is -2.09. The van der Waals surface area contributed by atoms with Crippen molar-refractivity contribution >= 4 is 66.3 Å². The largest absolute Gasteiger partial charge is 0.277 e. The van der Waals surface area contributed by atoms with Crippen LogP contribution in [0.15, 0.2) is 90.0 Å². The second kappa shape index (κ2) is 8.02. The third kappa shape index (κ3) is 3.08. The minimum Gasteiger partial charge on any atom is -0.277 e. The number of allylic oxidation sites excluding steroid dienone is 2. The van der Waals surface area contributed by atoms with Crippen LogP contribution in [-0.4, -0.2) is 14.5 Å². The molecule has 3 aliphatic rings. The predicted octanol–water partition coefficient (Wildman–Crippen LogP) is 9.67. The summed E-state index contributed by atoms with van der Waals surface area (Å²) in [4.78, 5) is 12.0. The van der Waals surface area contributed by atoms with E-state index in [0.717, 1.165) is 41.0 Å². The molecule has 3 heterocycles. The molecule has 0 amide bonds. The van der Waals surface area contributed by atoms with Crippen molar-refractivity contribution in [3.63, 3.8) is 0 Å². The van der Waals surface area contributed by atoms with Crippen molar-refractivity contribution in [3.8, 4) is 17.2 Å². The van der Waals surface area contributed by atoms with Crippen LogP contribution in [0.25, 0.3) is 72.2 Å². The van der Waals surface area contributed by atoms with Crippen LogP contribution in [-0.2, 0) is 12.8 Å². The van der Waals surface area contributed by atoms with E-state index < -0.39 is 0 Å². The maximum Gasteiger partial charge on any atom is 0.235 e. The van der Waals surface area contributed by atoms with Crippen LogP contribution in [0.5, 0.6) is 0 Å². The number of rotatable bonds is 2. The first-order valence-electron chi connectivity index (χ1n) is 14.6. The minimum atomic E-state index is 0.746. The van der Waals surface area contributed by atoms with Gasteiger partial charge in [-0.1, -0.05) is 71.8 Å². The fraction of sp³-hybridized carbons (Fsp3) is 0.135. The molecule has 0 saturated heterocycles. The summed E-state index contributed by atoms with van der Waals surface area (Å²) in [6, 6.07) is 28.5. The van der Waals surface area contributed by atoms with Gasteiger partial charge in [0.1, 0.15) is 0 Å². The topological polar surface area (TPSA) is 30.7 Å². The number of para-hydroxylation sites is 1. The van der Waals surface area contributed by atoms with Gasteiger partial charge in [0.2, 0.25) is 5.95 Å². The van der Waals surface area contributed by atoms with Gasteiger partial charge in [-0.3, -0.25) is 4.57 Å². The maximum absolute atomic E-state index is 5.37. The van der Waals surface area contributed by atoms with E-state index >= 15 is 0 Å². The molecule has 1 saturated carbocycles. The van der Waals surface area contributed by atoms with Gasteiger partial charge in [0.05, 0.1) is 22.2 Å². The lowest BCUT2D eigenvalue weighted by atomic mass is 9.87. The van der Waals surface area contributed by atoms with Gasteiger partial charge in [-0.2, -0.15) is 0 Å². The molecule has 3 nitrogen and oxygen atoms in total. The molecule has 0 radical (unpaired) electrons. The summed E-state index contributed by atoms with van der Waals surface area (Å²) in [6.07, 6.45) is 10.8. The molecule has 7 aromatic rings. The monoisotopic (exact) mass is 543 g/mol. The third-order valence-electron chi connectivity index (χ3n) is 9.37. The van der Waals surface area contributed by atoms with Gasteiger partial charge in [-0.05, 0) is 73.6 Å². The zero-order valence-corrected chi connectivity index (χ0v) is 23.3. The number of aromatic nitrogens is 3. The number of aryl methyl sites for hydroxylation is 2. The summed E-state index contributed by atoms with van der Waals surface area (Å²) in [7, 11) is 0. The second-order valence-corrected chi connectivity index (χ2v) is 12.8. The molecule has 0 N–H and O–H groups in total. The van der Waals surface area contributed by atoms with Gasteiger partial charge in [-0.25, -0.2) is 9.97 Å². The summed E-state index contributed by atoms with van der Waals surface area (Å²) < 4.78 is 3.72. The zero-order valence-electron chi connectivity index (χ0n) is 22.4. The Morgan fingerprint density at radius 1 is 0.683 bits per heavy atom. The number of hydrogen-bond donors (Lipinski definition) is 0. The molecule has 0 unspecified atom stereocenters. The van der Waals surface area contributed by atoms with Crippen molar-refractivity contribution in [2.75, 3.05) is 0 Å². The Labute approximate surface area is 241 Å². The highest BCUT2D eigenvalue weighted by atomic mass is 32.1. The number of benzene rings is 4. The van der Waals surface area contributed by atoms with Crippen molar-refractivity contribution in [1.82, 2.24) is 14.5 Å². The van der Waals surface area contributed by atoms with Gasteiger partial charge in [0.15, 0.2) is 0 Å². The van der Waals surface area contributed by atoms with Gasteiger partial charge >= 0.3 is 0 Å². The van der Waals surface area contributed by atoms with Crippen LogP contribution in [0.3, 0.4) is 0 Å². The lowest BCUT2D eigenvalue weighted by Gasteiger charge is -2.19. The number of fused-ring (bicyclic) bond motifs is 11. The standard InChI is InChI=1S/C37H25N3S/c1-2-6-23(7-3-1)35-27-8-4-5-9-30(27)38-37(39-35)40-31-20-25-13-12-24(25)19-28(31)26-14-15-32-34(36(26)40)29-17-21-10-11-22(16-21)18-33(29)41-32/h1-9,14-15,17-20H,10-13,16H2. The fourth-order valence-corrected chi connectivity index (χ4v) is 8.46. The van der Waals surface area contributed by atoms with E-state index in [-0.39, 0.29) is 0 Å². The van der Waals surface area contributed by atoms with Crippen molar-refractivity contribution < 1.29 is 0 Å². The number of hydrogen-bond acceptors (Lipinski definition) is 3. The second-order valence-electron chi connectivity index (χ2n) is 11.7. The third-order valence-corrected chi connectivity index (χ3v) is 10.5. The molecule has 1 fully saturated rings. The Morgan fingerprint density at radius 2 is 1.49 bits per heavy atom. The lowest BCUT2D eigenvalue weighted by molar-refractivity contribution is 0.842. The van der Waals surface area contributed by atoms with Crippen LogP contribution in [0.1, 0.15) is 40.8 Å². The zero-order chi connectivity index (χ0) is 26.7. The molecule has 2 bridgehead atoms. The molecular weight excluding hydrogens is 518 g/mol. The molecule has 41 heavy (non-hydrogen) atoms. The molecule has 4 aromatic carbocycles. The molecule has 10 rings (SSSR count). The fourth-order valence-electron chi connectivity index (χ4n) is 7.28. The maximum atomic E-state index is 5.37. The van der Waals surface area contributed by atoms with Gasteiger partial charge in [-0.15, -0.1) is 11.3 Å². The Bertz CT molecular complexity index is 2330. The Balaban J connectivity index is 1.39. The van der Waals surface area contributed by atoms with E-state index in [2.05, 4.69) is 95.6 Å². The first kappa shape index (κ1) is 22.2. The van der Waals surface area contributed by atoms with Crippen LogP contribution in [0.2, 0.25) is 0 Å². The normalized spacial score (nSPS) is 15.6. The summed E-state index contributed by atoms with van der Waals surface area (Å²) in [5.41, 5.74) is 13.0. The van der Waals surface area contributed by atoms with Gasteiger partial charge in [0, 0.05) is 42.2 Å². The molecular formula is C37H25N3S. The number of nitrogens with zero attached hydrogens (tertiary/aromatic N) is 3. The van der Waals surface area contributed by atoms with E-state index in [1.165, 1.54) is 72.7 Å². The summed E-state index contributed by atoms with van der Waals surface area (Å²) in [5, 5.41) is 5.02. The molecule has 0 aliphatic heterocycles. The van der Waals surface area contributed by atoms with E-state index in [1.807, 2.05) is 11.3 Å². The summed E-state index contributed by atoms with van der Waals surface area (Å²) in [5.74, 6) is 0.746. The SMILES string of the molecule is C1=C2CCC(=Cc3c1sc1ccc4c5cc6c(cc5n(-c5nc(-c7ccccc7)c7ccccc7n5)c4c31)CC6)C2. The predicted molar refractivity (Wildman–Crippen MR) is 172 cm³/mol. The molecule has 0 spiro atoms. The first-order valence-corrected chi connectivity index (χ1v) is 15.4. The van der Waals surface area contributed by atoms with E-state index in [1.54, 1.807) is 11.1 Å². The van der Waals surface area contributed by atoms with E-state index in [4.69, 9.17) is 9.97 Å². The average molecular weight is 544 g/mol. The Morgan fingerprint density at radius 3 is 2.37 bits per heavy atom. The minimum absolute atomic E-state index is 0.746.